The number of para-hydroxylation sites is 2. The predicted molar refractivity (Wildman–Crippen MR) is 87.4 cm³/mol. The first-order chi connectivity index (χ1) is 10.7. The Balaban J connectivity index is 1.56. The largest absolute Gasteiger partial charge is 0.357 e. The Morgan fingerprint density at radius 2 is 1.41 bits per heavy atom. The molecule has 0 radical (unpaired) electrons. The van der Waals surface area contributed by atoms with E-state index in [0.29, 0.717) is 0 Å². The van der Waals surface area contributed by atoms with Gasteiger partial charge in [0.25, 0.3) is 0 Å². The molecule has 0 spiro atoms. The quantitative estimate of drug-likeness (QED) is 0.817. The Morgan fingerprint density at radius 1 is 0.864 bits per heavy atom. The third kappa shape index (κ3) is 1.84. The average Bonchev–Trinajstić information content (AvgIpc) is 2.64. The number of allylic oxidation sites excluding steroid dienone is 1. The molecule has 4 aliphatic carbocycles. The maximum absolute atomic E-state index is 12.3. The molecule has 0 unspecified atom stereocenters. The van der Waals surface area contributed by atoms with Gasteiger partial charge in [-0.25, -0.2) is 0 Å². The maximum atomic E-state index is 12.3. The molecule has 1 aliphatic heterocycles. The molecule has 0 saturated heterocycles. The normalized spacial score (nSPS) is 38.6. The van der Waals surface area contributed by atoms with Crippen molar-refractivity contribution >= 4 is 17.3 Å². The molecule has 4 saturated carbocycles. The summed E-state index contributed by atoms with van der Waals surface area (Å²) in [6, 6.07) is 8.03. The molecule has 4 bridgehead atoms. The number of hydrogen-bond acceptors (Lipinski definition) is 2. The summed E-state index contributed by atoms with van der Waals surface area (Å²) in [5.41, 5.74) is 3.33. The van der Waals surface area contributed by atoms with E-state index >= 15 is 0 Å². The lowest BCUT2D eigenvalue weighted by Gasteiger charge is -2.57. The topological polar surface area (TPSA) is 41.1 Å². The van der Waals surface area contributed by atoms with E-state index in [2.05, 4.69) is 16.7 Å². The molecule has 1 aromatic carbocycles. The van der Waals surface area contributed by atoms with Crippen LogP contribution in [0.4, 0.5) is 11.4 Å². The van der Waals surface area contributed by atoms with Gasteiger partial charge in [0.1, 0.15) is 0 Å². The van der Waals surface area contributed by atoms with E-state index in [1.807, 2.05) is 24.3 Å². The van der Waals surface area contributed by atoms with Gasteiger partial charge in [-0.1, -0.05) is 12.1 Å². The highest BCUT2D eigenvalue weighted by Crippen LogP contribution is 2.62. The molecule has 0 aromatic heterocycles. The van der Waals surface area contributed by atoms with E-state index in [1.165, 1.54) is 44.2 Å². The lowest BCUT2D eigenvalue weighted by Crippen LogP contribution is -2.48. The van der Waals surface area contributed by atoms with Gasteiger partial charge in [-0.2, -0.15) is 0 Å². The van der Waals surface area contributed by atoms with Crippen molar-refractivity contribution < 1.29 is 4.79 Å². The van der Waals surface area contributed by atoms with Gasteiger partial charge in [0.15, 0.2) is 0 Å². The fourth-order valence-electron chi connectivity index (χ4n) is 5.91. The third-order valence-electron chi connectivity index (χ3n) is 6.34. The summed E-state index contributed by atoms with van der Waals surface area (Å²) >= 11 is 0. The van der Waals surface area contributed by atoms with Crippen LogP contribution in [-0.2, 0) is 4.79 Å². The Hall–Kier alpha value is -1.77. The van der Waals surface area contributed by atoms with Crippen LogP contribution in [0.15, 0.2) is 36.0 Å². The van der Waals surface area contributed by atoms with Gasteiger partial charge >= 0.3 is 0 Å². The molecular formula is C19H22N2O. The van der Waals surface area contributed by atoms with Crippen LogP contribution in [0, 0.1) is 23.2 Å². The number of rotatable bonds is 1. The summed E-state index contributed by atoms with van der Waals surface area (Å²) in [5, 5.41) is 6.63. The van der Waals surface area contributed by atoms with Crippen molar-refractivity contribution in [1.29, 1.82) is 0 Å². The molecule has 22 heavy (non-hydrogen) atoms. The fraction of sp³-hybridized carbons (Fsp3) is 0.526. The second-order valence-corrected chi connectivity index (χ2v) is 7.92. The second-order valence-electron chi connectivity index (χ2n) is 7.92. The highest BCUT2D eigenvalue weighted by Gasteiger charge is 2.53. The molecule has 3 nitrogen and oxygen atoms in total. The summed E-state index contributed by atoms with van der Waals surface area (Å²) < 4.78 is 0. The molecule has 1 amide bonds. The summed E-state index contributed by atoms with van der Waals surface area (Å²) in [7, 11) is 0. The zero-order chi connectivity index (χ0) is 14.7. The first kappa shape index (κ1) is 12.7. The summed E-state index contributed by atoms with van der Waals surface area (Å²) in [5.74, 6) is 2.67. The van der Waals surface area contributed by atoms with Crippen LogP contribution in [0.3, 0.4) is 0 Å². The number of benzene rings is 1. The summed E-state index contributed by atoms with van der Waals surface area (Å²) in [6.45, 7) is 0. The molecule has 1 aromatic rings. The Bertz CT molecular complexity index is 640. The van der Waals surface area contributed by atoms with Gasteiger partial charge in [0.05, 0.1) is 11.4 Å². The molecule has 6 rings (SSSR count). The van der Waals surface area contributed by atoms with Crippen molar-refractivity contribution in [2.45, 2.75) is 38.5 Å². The van der Waals surface area contributed by atoms with Crippen LogP contribution < -0.4 is 10.6 Å². The minimum absolute atomic E-state index is 0.0168. The van der Waals surface area contributed by atoms with Gasteiger partial charge in [0.2, 0.25) is 5.91 Å². The molecule has 1 heterocycles. The standard InChI is InChI=1S/C19H22N2O/c22-18-8-17(20-15-3-1-2-4-16(15)21-18)19-9-12-5-13(10-19)7-14(6-12)11-19/h1-4,8,12-14,20H,5-7,9-11H2,(H,21,22). The van der Waals surface area contributed by atoms with Crippen molar-refractivity contribution in [3.8, 4) is 0 Å². The van der Waals surface area contributed by atoms with Crippen LogP contribution in [0.1, 0.15) is 38.5 Å². The fourth-order valence-corrected chi connectivity index (χ4v) is 5.91. The van der Waals surface area contributed by atoms with Gasteiger partial charge < -0.3 is 10.6 Å². The first-order valence-corrected chi connectivity index (χ1v) is 8.59. The highest BCUT2D eigenvalue weighted by molar-refractivity contribution is 6.04. The van der Waals surface area contributed by atoms with Gasteiger partial charge in [-0.3, -0.25) is 4.79 Å². The van der Waals surface area contributed by atoms with Crippen LogP contribution in [-0.4, -0.2) is 5.91 Å². The average molecular weight is 294 g/mol. The Morgan fingerprint density at radius 3 is 2.00 bits per heavy atom. The van der Waals surface area contributed by atoms with Crippen LogP contribution in [0.25, 0.3) is 0 Å². The molecule has 0 atom stereocenters. The maximum Gasteiger partial charge on any atom is 0.250 e. The first-order valence-electron chi connectivity index (χ1n) is 8.59. The molecule has 5 aliphatic rings. The van der Waals surface area contributed by atoms with E-state index in [-0.39, 0.29) is 11.3 Å². The second kappa shape index (κ2) is 4.37. The van der Waals surface area contributed by atoms with E-state index < -0.39 is 0 Å². The van der Waals surface area contributed by atoms with E-state index in [0.717, 1.165) is 29.1 Å². The number of hydrogen-bond donors (Lipinski definition) is 2. The van der Waals surface area contributed by atoms with E-state index in [4.69, 9.17) is 0 Å². The van der Waals surface area contributed by atoms with Gasteiger partial charge in [-0.15, -0.1) is 0 Å². The number of amides is 1. The van der Waals surface area contributed by atoms with E-state index in [9.17, 15) is 4.79 Å². The van der Waals surface area contributed by atoms with Crippen molar-refractivity contribution in [3.05, 3.63) is 36.0 Å². The molecule has 3 heteroatoms. The Labute approximate surface area is 131 Å². The minimum Gasteiger partial charge on any atom is -0.357 e. The smallest absolute Gasteiger partial charge is 0.250 e. The van der Waals surface area contributed by atoms with Crippen LogP contribution >= 0.6 is 0 Å². The zero-order valence-corrected chi connectivity index (χ0v) is 12.8. The van der Waals surface area contributed by atoms with Crippen molar-refractivity contribution in [1.82, 2.24) is 0 Å². The van der Waals surface area contributed by atoms with Crippen LogP contribution in [0.2, 0.25) is 0 Å². The number of carbonyl (C=O) groups is 1. The summed E-state index contributed by atoms with van der Waals surface area (Å²) in [6.07, 6.45) is 9.93. The summed E-state index contributed by atoms with van der Waals surface area (Å²) in [4.78, 5) is 12.3. The lowest BCUT2D eigenvalue weighted by atomic mass is 9.48. The van der Waals surface area contributed by atoms with Gasteiger partial charge in [0, 0.05) is 17.2 Å². The van der Waals surface area contributed by atoms with Crippen LogP contribution in [0.5, 0.6) is 0 Å². The monoisotopic (exact) mass is 294 g/mol. The van der Waals surface area contributed by atoms with Gasteiger partial charge in [-0.05, 0) is 68.4 Å². The molecule has 2 N–H and O–H groups in total. The minimum atomic E-state index is 0.0168. The van der Waals surface area contributed by atoms with Crippen molar-refractivity contribution in [2.24, 2.45) is 23.2 Å². The van der Waals surface area contributed by atoms with Crippen molar-refractivity contribution in [3.63, 3.8) is 0 Å². The molecular weight excluding hydrogens is 272 g/mol. The Kier molecular flexibility index (Phi) is 2.53. The lowest BCUT2D eigenvalue weighted by molar-refractivity contribution is -0.112. The number of nitrogens with one attached hydrogen (secondary N) is 2. The molecule has 114 valence electrons. The zero-order valence-electron chi connectivity index (χ0n) is 12.8. The highest BCUT2D eigenvalue weighted by atomic mass is 16.1. The molecule has 4 fully saturated rings. The number of fused-ring (bicyclic) bond motifs is 1. The predicted octanol–water partition coefficient (Wildman–Crippen LogP) is 4.15. The SMILES string of the molecule is O=C1C=C(C23CC4CC(CC(C4)C2)C3)Nc2ccccc2N1. The van der Waals surface area contributed by atoms with E-state index in [1.54, 1.807) is 0 Å². The number of anilines is 2. The third-order valence-corrected chi connectivity index (χ3v) is 6.34. The number of carbonyl (C=O) groups excluding carboxylic acids is 1. The van der Waals surface area contributed by atoms with Crippen molar-refractivity contribution in [2.75, 3.05) is 10.6 Å².